The van der Waals surface area contributed by atoms with Crippen LogP contribution < -0.4 is 10.1 Å². The minimum absolute atomic E-state index is 0.478. The Labute approximate surface area is 117 Å². The lowest BCUT2D eigenvalue weighted by molar-refractivity contribution is 0.355. The van der Waals surface area contributed by atoms with Gasteiger partial charge in [0.15, 0.2) is 0 Å². The average Bonchev–Trinajstić information content (AvgIpc) is 2.87. The van der Waals surface area contributed by atoms with E-state index in [1.165, 1.54) is 30.4 Å². The van der Waals surface area contributed by atoms with E-state index in [1.807, 2.05) is 0 Å². The van der Waals surface area contributed by atoms with Crippen LogP contribution in [-0.4, -0.2) is 13.2 Å². The maximum atomic E-state index is 5.60. The molecule has 0 saturated carbocycles. The predicted molar refractivity (Wildman–Crippen MR) is 80.7 cm³/mol. The Morgan fingerprint density at radius 2 is 2.11 bits per heavy atom. The van der Waals surface area contributed by atoms with Gasteiger partial charge in [0, 0.05) is 12.5 Å². The molecule has 2 heteroatoms. The summed E-state index contributed by atoms with van der Waals surface area (Å²) in [4.78, 5) is 0. The number of ether oxygens (including phenoxy) is 1. The van der Waals surface area contributed by atoms with Crippen LogP contribution in [0.3, 0.4) is 0 Å². The number of benzene rings is 1. The minimum atomic E-state index is 0.478. The number of nitrogens with one attached hydrogen (secondary N) is 1. The van der Waals surface area contributed by atoms with Crippen LogP contribution in [0.1, 0.15) is 57.2 Å². The van der Waals surface area contributed by atoms with Crippen molar-refractivity contribution in [1.82, 2.24) is 5.32 Å². The van der Waals surface area contributed by atoms with E-state index in [0.29, 0.717) is 12.0 Å². The van der Waals surface area contributed by atoms with Gasteiger partial charge in [-0.2, -0.15) is 0 Å². The van der Waals surface area contributed by atoms with E-state index in [-0.39, 0.29) is 0 Å². The molecule has 0 amide bonds. The van der Waals surface area contributed by atoms with Crippen LogP contribution in [-0.2, 0) is 6.42 Å². The van der Waals surface area contributed by atoms with Gasteiger partial charge in [-0.25, -0.2) is 0 Å². The van der Waals surface area contributed by atoms with Crippen LogP contribution in [0.15, 0.2) is 18.2 Å². The molecule has 1 aliphatic heterocycles. The first-order valence-electron chi connectivity index (χ1n) is 7.75. The molecule has 2 rings (SSSR count). The van der Waals surface area contributed by atoms with Crippen LogP contribution in [0, 0.1) is 5.92 Å². The molecule has 1 heterocycles. The molecule has 0 fully saturated rings. The summed E-state index contributed by atoms with van der Waals surface area (Å²) in [5, 5.41) is 3.72. The van der Waals surface area contributed by atoms with Crippen molar-refractivity contribution in [2.24, 2.45) is 5.92 Å². The first kappa shape index (κ1) is 14.4. The zero-order valence-electron chi connectivity index (χ0n) is 12.5. The minimum Gasteiger partial charge on any atom is -0.493 e. The van der Waals surface area contributed by atoms with Crippen molar-refractivity contribution >= 4 is 0 Å². The van der Waals surface area contributed by atoms with Crippen molar-refractivity contribution in [3.8, 4) is 5.75 Å². The van der Waals surface area contributed by atoms with Crippen molar-refractivity contribution in [2.75, 3.05) is 13.2 Å². The van der Waals surface area contributed by atoms with Crippen LogP contribution >= 0.6 is 0 Å². The molecule has 0 saturated heterocycles. The lowest BCUT2D eigenvalue weighted by atomic mass is 9.90. The van der Waals surface area contributed by atoms with Gasteiger partial charge >= 0.3 is 0 Å². The second-order valence-corrected chi connectivity index (χ2v) is 5.66. The Hall–Kier alpha value is -1.02. The Morgan fingerprint density at radius 3 is 2.84 bits per heavy atom. The van der Waals surface area contributed by atoms with E-state index >= 15 is 0 Å². The highest BCUT2D eigenvalue weighted by Crippen LogP contribution is 2.32. The molecule has 2 unspecified atom stereocenters. The summed E-state index contributed by atoms with van der Waals surface area (Å²) in [7, 11) is 0. The fourth-order valence-electron chi connectivity index (χ4n) is 2.97. The molecular formula is C17H27NO. The number of hydrogen-bond donors (Lipinski definition) is 1. The molecule has 1 aromatic carbocycles. The first-order valence-corrected chi connectivity index (χ1v) is 7.75. The predicted octanol–water partition coefficient (Wildman–Crippen LogP) is 4.10. The van der Waals surface area contributed by atoms with Crippen LogP contribution in [0.25, 0.3) is 0 Å². The van der Waals surface area contributed by atoms with Crippen LogP contribution in [0.5, 0.6) is 5.75 Å². The third-order valence-corrected chi connectivity index (χ3v) is 4.00. The van der Waals surface area contributed by atoms with Crippen molar-refractivity contribution in [3.63, 3.8) is 0 Å². The lowest BCUT2D eigenvalue weighted by Gasteiger charge is -2.26. The van der Waals surface area contributed by atoms with E-state index in [2.05, 4.69) is 44.3 Å². The largest absolute Gasteiger partial charge is 0.493 e. The molecule has 1 aromatic rings. The molecule has 0 aliphatic carbocycles. The third-order valence-electron chi connectivity index (χ3n) is 4.00. The van der Waals surface area contributed by atoms with E-state index in [1.54, 1.807) is 0 Å². The molecule has 0 radical (unpaired) electrons. The van der Waals surface area contributed by atoms with Gasteiger partial charge in [0.2, 0.25) is 0 Å². The topological polar surface area (TPSA) is 21.3 Å². The molecule has 2 atom stereocenters. The Balaban J connectivity index is 2.16. The first-order chi connectivity index (χ1) is 9.26. The molecule has 106 valence electrons. The zero-order valence-corrected chi connectivity index (χ0v) is 12.5. The van der Waals surface area contributed by atoms with E-state index in [0.717, 1.165) is 25.3 Å². The molecule has 0 aromatic heterocycles. The Morgan fingerprint density at radius 1 is 1.26 bits per heavy atom. The smallest absolute Gasteiger partial charge is 0.122 e. The molecule has 2 nitrogen and oxygen atoms in total. The normalized spacial score (nSPS) is 16.8. The van der Waals surface area contributed by atoms with Crippen LogP contribution in [0.2, 0.25) is 0 Å². The summed E-state index contributed by atoms with van der Waals surface area (Å²) in [5.41, 5.74) is 2.81. The van der Waals surface area contributed by atoms with Gasteiger partial charge in [-0.15, -0.1) is 0 Å². The summed E-state index contributed by atoms with van der Waals surface area (Å²) in [6, 6.07) is 7.22. The molecule has 19 heavy (non-hydrogen) atoms. The van der Waals surface area contributed by atoms with Crippen molar-refractivity contribution in [1.29, 1.82) is 0 Å². The lowest BCUT2D eigenvalue weighted by Crippen LogP contribution is -2.27. The van der Waals surface area contributed by atoms with Gasteiger partial charge in [-0.05, 0) is 42.5 Å². The molecular weight excluding hydrogens is 234 g/mol. The number of hydrogen-bond acceptors (Lipinski definition) is 2. The summed E-state index contributed by atoms with van der Waals surface area (Å²) in [5.74, 6) is 1.76. The van der Waals surface area contributed by atoms with E-state index in [4.69, 9.17) is 4.74 Å². The second-order valence-electron chi connectivity index (χ2n) is 5.66. The second kappa shape index (κ2) is 6.95. The highest BCUT2D eigenvalue weighted by atomic mass is 16.5. The SMILES string of the molecule is CCCNC(c1ccc2c(c1)CCO2)C(C)CCC. The van der Waals surface area contributed by atoms with Crippen LogP contribution in [0.4, 0.5) is 0 Å². The molecule has 1 N–H and O–H groups in total. The molecule has 0 spiro atoms. The fraction of sp³-hybridized carbons (Fsp3) is 0.647. The van der Waals surface area contributed by atoms with Crippen molar-refractivity contribution in [3.05, 3.63) is 29.3 Å². The van der Waals surface area contributed by atoms with E-state index < -0.39 is 0 Å². The highest BCUT2D eigenvalue weighted by Gasteiger charge is 2.20. The van der Waals surface area contributed by atoms with Gasteiger partial charge in [-0.1, -0.05) is 39.3 Å². The van der Waals surface area contributed by atoms with Gasteiger partial charge in [0.25, 0.3) is 0 Å². The monoisotopic (exact) mass is 261 g/mol. The standard InChI is InChI=1S/C17H27NO/c1-4-6-13(3)17(18-10-5-2)15-7-8-16-14(12-15)9-11-19-16/h7-8,12-13,17-18H,4-6,9-11H2,1-3H3. The van der Waals surface area contributed by atoms with Crippen molar-refractivity contribution in [2.45, 2.75) is 52.5 Å². The average molecular weight is 261 g/mol. The zero-order chi connectivity index (χ0) is 13.7. The number of fused-ring (bicyclic) bond motifs is 1. The Bertz CT molecular complexity index is 402. The molecule has 0 bridgehead atoms. The van der Waals surface area contributed by atoms with Gasteiger partial charge in [0.1, 0.15) is 5.75 Å². The highest BCUT2D eigenvalue weighted by molar-refractivity contribution is 5.41. The maximum absolute atomic E-state index is 5.60. The van der Waals surface area contributed by atoms with Gasteiger partial charge in [-0.3, -0.25) is 0 Å². The maximum Gasteiger partial charge on any atom is 0.122 e. The quantitative estimate of drug-likeness (QED) is 0.798. The number of rotatable bonds is 7. The Kier molecular flexibility index (Phi) is 5.26. The fourth-order valence-corrected chi connectivity index (χ4v) is 2.97. The summed E-state index contributed by atoms with van der Waals surface area (Å²) in [6.45, 7) is 8.79. The van der Waals surface area contributed by atoms with Crippen molar-refractivity contribution < 1.29 is 4.74 Å². The van der Waals surface area contributed by atoms with Gasteiger partial charge < -0.3 is 10.1 Å². The third kappa shape index (κ3) is 3.50. The molecule has 1 aliphatic rings. The van der Waals surface area contributed by atoms with Gasteiger partial charge in [0.05, 0.1) is 6.61 Å². The summed E-state index contributed by atoms with van der Waals surface area (Å²) >= 11 is 0. The summed E-state index contributed by atoms with van der Waals surface area (Å²) < 4.78 is 5.60. The van der Waals surface area contributed by atoms with E-state index in [9.17, 15) is 0 Å². The summed E-state index contributed by atoms with van der Waals surface area (Å²) in [6.07, 6.45) is 4.77.